The van der Waals surface area contributed by atoms with Crippen LogP contribution >= 0.6 is 0 Å². The Balaban J connectivity index is 1.81. The minimum absolute atomic E-state index is 0.125. The van der Waals surface area contributed by atoms with E-state index in [9.17, 15) is 13.2 Å². The largest absolute Gasteiger partial charge is 0.496 e. The standard InChI is InChI=1S/C19H24N2O4S/c1-13-10-14(2)18(12-17(13)25-3)26(23,24)21-8-5-15(6-9-21)16-4-7-20-19(22)11-16/h4,7,10-12,15H,5-6,8-9H2,1-3H3,(H,20,22). The predicted octanol–water partition coefficient (Wildman–Crippen LogP) is 2.57. The van der Waals surface area contributed by atoms with E-state index in [1.807, 2.05) is 26.0 Å². The lowest BCUT2D eigenvalue weighted by atomic mass is 9.91. The van der Waals surface area contributed by atoms with Crippen molar-refractivity contribution in [3.05, 3.63) is 57.5 Å². The lowest BCUT2D eigenvalue weighted by Crippen LogP contribution is -2.38. The summed E-state index contributed by atoms with van der Waals surface area (Å²) in [6.45, 7) is 4.59. The van der Waals surface area contributed by atoms with Crippen molar-refractivity contribution < 1.29 is 13.2 Å². The number of aromatic nitrogens is 1. The normalized spacial score (nSPS) is 16.6. The first-order valence-electron chi connectivity index (χ1n) is 8.67. The van der Waals surface area contributed by atoms with Crippen molar-refractivity contribution in [2.45, 2.75) is 37.5 Å². The molecule has 0 unspecified atom stereocenters. The molecule has 1 N–H and O–H groups in total. The third kappa shape index (κ3) is 3.54. The quantitative estimate of drug-likeness (QED) is 0.889. The molecule has 0 amide bonds. The van der Waals surface area contributed by atoms with Crippen molar-refractivity contribution in [1.82, 2.24) is 9.29 Å². The Bertz CT molecular complexity index is 958. The summed E-state index contributed by atoms with van der Waals surface area (Å²) in [6, 6.07) is 6.95. The number of aryl methyl sites for hydroxylation is 2. The summed E-state index contributed by atoms with van der Waals surface area (Å²) in [5.41, 5.74) is 2.48. The number of methoxy groups -OCH3 is 1. The summed E-state index contributed by atoms with van der Waals surface area (Å²) in [4.78, 5) is 14.4. The second-order valence-corrected chi connectivity index (χ2v) is 8.66. The highest BCUT2D eigenvalue weighted by atomic mass is 32.2. The number of pyridine rings is 1. The number of aromatic amines is 1. The molecule has 1 aromatic heterocycles. The topological polar surface area (TPSA) is 79.5 Å². The number of hydrogen-bond donors (Lipinski definition) is 1. The number of ether oxygens (including phenoxy) is 1. The molecule has 3 rings (SSSR count). The molecule has 7 heteroatoms. The van der Waals surface area contributed by atoms with Gasteiger partial charge in [0.25, 0.3) is 0 Å². The Kier molecular flexibility index (Phi) is 5.20. The fourth-order valence-electron chi connectivity index (χ4n) is 3.60. The van der Waals surface area contributed by atoms with Crippen LogP contribution in [0.5, 0.6) is 5.75 Å². The van der Waals surface area contributed by atoms with E-state index in [0.717, 1.165) is 16.7 Å². The molecule has 1 aromatic carbocycles. The fourth-order valence-corrected chi connectivity index (χ4v) is 5.29. The molecule has 1 aliphatic rings. The number of sulfonamides is 1. The van der Waals surface area contributed by atoms with Crippen LogP contribution in [0.15, 0.2) is 40.2 Å². The number of benzene rings is 1. The van der Waals surface area contributed by atoms with E-state index in [2.05, 4.69) is 4.98 Å². The second-order valence-electron chi connectivity index (χ2n) is 6.75. The van der Waals surface area contributed by atoms with E-state index >= 15 is 0 Å². The molecule has 2 heterocycles. The molecule has 2 aromatic rings. The summed E-state index contributed by atoms with van der Waals surface area (Å²) in [5, 5.41) is 0. The van der Waals surface area contributed by atoms with Crippen LogP contribution in [0.1, 0.15) is 35.4 Å². The highest BCUT2D eigenvalue weighted by molar-refractivity contribution is 7.89. The van der Waals surface area contributed by atoms with E-state index in [1.54, 1.807) is 25.4 Å². The van der Waals surface area contributed by atoms with Gasteiger partial charge in [0, 0.05) is 31.4 Å². The highest BCUT2D eigenvalue weighted by Crippen LogP contribution is 2.32. The first-order valence-corrected chi connectivity index (χ1v) is 10.1. The van der Waals surface area contributed by atoms with Crippen LogP contribution < -0.4 is 10.3 Å². The van der Waals surface area contributed by atoms with E-state index in [4.69, 9.17) is 4.74 Å². The van der Waals surface area contributed by atoms with Crippen LogP contribution in [0.3, 0.4) is 0 Å². The van der Waals surface area contributed by atoms with Crippen molar-refractivity contribution in [2.24, 2.45) is 0 Å². The van der Waals surface area contributed by atoms with Gasteiger partial charge in [0.15, 0.2) is 0 Å². The average Bonchev–Trinajstić information content (AvgIpc) is 2.62. The molecule has 140 valence electrons. The van der Waals surface area contributed by atoms with Crippen LogP contribution in [-0.4, -0.2) is 37.9 Å². The summed E-state index contributed by atoms with van der Waals surface area (Å²) in [6.07, 6.45) is 3.04. The number of piperidine rings is 1. The molecule has 1 saturated heterocycles. The van der Waals surface area contributed by atoms with Gasteiger partial charge in [-0.2, -0.15) is 4.31 Å². The third-order valence-electron chi connectivity index (χ3n) is 5.03. The van der Waals surface area contributed by atoms with E-state index in [-0.39, 0.29) is 11.5 Å². The number of rotatable bonds is 4. The van der Waals surface area contributed by atoms with Gasteiger partial charge in [-0.3, -0.25) is 4.79 Å². The van der Waals surface area contributed by atoms with Crippen molar-refractivity contribution in [1.29, 1.82) is 0 Å². The summed E-state index contributed by atoms with van der Waals surface area (Å²) in [7, 11) is -2.03. The summed E-state index contributed by atoms with van der Waals surface area (Å²) >= 11 is 0. The zero-order valence-electron chi connectivity index (χ0n) is 15.3. The Morgan fingerprint density at radius 3 is 2.42 bits per heavy atom. The first kappa shape index (κ1) is 18.7. The fraction of sp³-hybridized carbons (Fsp3) is 0.421. The van der Waals surface area contributed by atoms with Crippen LogP contribution in [0, 0.1) is 13.8 Å². The minimum Gasteiger partial charge on any atom is -0.496 e. The van der Waals surface area contributed by atoms with Gasteiger partial charge in [-0.25, -0.2) is 8.42 Å². The zero-order valence-corrected chi connectivity index (χ0v) is 16.1. The number of nitrogens with one attached hydrogen (secondary N) is 1. The molecule has 0 aliphatic carbocycles. The molecular formula is C19H24N2O4S. The Hall–Kier alpha value is -2.12. The van der Waals surface area contributed by atoms with E-state index in [0.29, 0.717) is 36.6 Å². The lowest BCUT2D eigenvalue weighted by Gasteiger charge is -2.31. The maximum atomic E-state index is 13.1. The van der Waals surface area contributed by atoms with Gasteiger partial charge in [0.05, 0.1) is 12.0 Å². The van der Waals surface area contributed by atoms with Gasteiger partial charge >= 0.3 is 0 Å². The van der Waals surface area contributed by atoms with E-state index < -0.39 is 10.0 Å². The third-order valence-corrected chi connectivity index (χ3v) is 7.08. The maximum absolute atomic E-state index is 13.1. The van der Waals surface area contributed by atoms with Crippen LogP contribution in [0.4, 0.5) is 0 Å². The number of hydrogen-bond acceptors (Lipinski definition) is 4. The molecule has 0 saturated carbocycles. The monoisotopic (exact) mass is 376 g/mol. The Labute approximate surface area is 153 Å². The van der Waals surface area contributed by atoms with Gasteiger partial charge in [0.2, 0.25) is 15.6 Å². The molecule has 0 atom stereocenters. The Morgan fingerprint density at radius 2 is 1.81 bits per heavy atom. The van der Waals surface area contributed by atoms with Crippen molar-refractivity contribution in [3.8, 4) is 5.75 Å². The summed E-state index contributed by atoms with van der Waals surface area (Å²) in [5.74, 6) is 0.782. The highest BCUT2D eigenvalue weighted by Gasteiger charge is 2.31. The van der Waals surface area contributed by atoms with Crippen LogP contribution in [-0.2, 0) is 10.0 Å². The second kappa shape index (κ2) is 7.25. The predicted molar refractivity (Wildman–Crippen MR) is 100 cm³/mol. The number of nitrogens with zero attached hydrogens (tertiary/aromatic N) is 1. The van der Waals surface area contributed by atoms with Crippen molar-refractivity contribution >= 4 is 10.0 Å². The SMILES string of the molecule is COc1cc(S(=O)(=O)N2CCC(c3cc[nH]c(=O)c3)CC2)c(C)cc1C. The van der Waals surface area contributed by atoms with Crippen LogP contribution in [0.25, 0.3) is 0 Å². The van der Waals surface area contributed by atoms with Gasteiger partial charge in [-0.15, -0.1) is 0 Å². The first-order chi connectivity index (χ1) is 12.3. The lowest BCUT2D eigenvalue weighted by molar-refractivity contribution is 0.319. The Morgan fingerprint density at radius 1 is 1.12 bits per heavy atom. The molecule has 0 spiro atoms. The smallest absolute Gasteiger partial charge is 0.248 e. The van der Waals surface area contributed by atoms with E-state index in [1.165, 1.54) is 4.31 Å². The van der Waals surface area contributed by atoms with Gasteiger partial charge in [-0.05, 0) is 55.4 Å². The van der Waals surface area contributed by atoms with Crippen molar-refractivity contribution in [2.75, 3.05) is 20.2 Å². The van der Waals surface area contributed by atoms with Gasteiger partial charge in [-0.1, -0.05) is 6.07 Å². The molecule has 26 heavy (non-hydrogen) atoms. The van der Waals surface area contributed by atoms with Gasteiger partial charge in [0.1, 0.15) is 5.75 Å². The molecular weight excluding hydrogens is 352 g/mol. The molecule has 1 fully saturated rings. The number of H-pyrrole nitrogens is 1. The van der Waals surface area contributed by atoms with Gasteiger partial charge < -0.3 is 9.72 Å². The minimum atomic E-state index is -3.57. The maximum Gasteiger partial charge on any atom is 0.248 e. The molecule has 6 nitrogen and oxygen atoms in total. The molecule has 0 radical (unpaired) electrons. The van der Waals surface area contributed by atoms with Crippen molar-refractivity contribution in [3.63, 3.8) is 0 Å². The zero-order chi connectivity index (χ0) is 18.9. The molecule has 0 bridgehead atoms. The molecule has 1 aliphatic heterocycles. The summed E-state index contributed by atoms with van der Waals surface area (Å²) < 4.78 is 33.0. The average molecular weight is 376 g/mol. The van der Waals surface area contributed by atoms with Crippen LogP contribution in [0.2, 0.25) is 0 Å².